The van der Waals surface area contributed by atoms with Crippen LogP contribution in [0.5, 0.6) is 0 Å². The minimum atomic E-state index is -0.471. The van der Waals surface area contributed by atoms with Crippen LogP contribution in [0.25, 0.3) is 10.2 Å². The first-order chi connectivity index (χ1) is 11.7. The van der Waals surface area contributed by atoms with Crippen molar-refractivity contribution in [2.45, 2.75) is 31.6 Å². The van der Waals surface area contributed by atoms with Crippen LogP contribution in [0, 0.1) is 0 Å². The molecule has 0 saturated carbocycles. The van der Waals surface area contributed by atoms with Crippen LogP contribution in [0.4, 0.5) is 0 Å². The zero-order valence-corrected chi connectivity index (χ0v) is 14.1. The summed E-state index contributed by atoms with van der Waals surface area (Å²) in [6.45, 7) is 2.89. The van der Waals surface area contributed by atoms with E-state index >= 15 is 0 Å². The van der Waals surface area contributed by atoms with Gasteiger partial charge in [-0.15, -0.1) is 11.3 Å². The third kappa shape index (κ3) is 2.85. The Morgan fingerprint density at radius 3 is 2.79 bits per heavy atom. The maximum absolute atomic E-state index is 12.4. The molecule has 0 atom stereocenters. The summed E-state index contributed by atoms with van der Waals surface area (Å²) in [6, 6.07) is 1.78. The number of fused-ring (bicyclic) bond motifs is 1. The molecule has 2 saturated heterocycles. The van der Waals surface area contributed by atoms with Gasteiger partial charge in [-0.1, -0.05) is 0 Å². The Morgan fingerprint density at radius 2 is 2.04 bits per heavy atom. The molecule has 0 aromatic carbocycles. The average molecular weight is 349 g/mol. The lowest BCUT2D eigenvalue weighted by Crippen LogP contribution is -2.47. The smallest absolute Gasteiger partial charge is 0.262 e. The fraction of sp³-hybridized carbons (Fsp3) is 0.562. The number of likely N-dealkylation sites (tertiary alicyclic amines) is 1. The topological polar surface area (TPSA) is 73.7 Å². The second kappa shape index (κ2) is 6.27. The number of hydrogen-bond acceptors (Lipinski definition) is 6. The van der Waals surface area contributed by atoms with Gasteiger partial charge >= 0.3 is 0 Å². The first-order valence-electron chi connectivity index (χ1n) is 8.15. The average Bonchev–Trinajstić information content (AvgIpc) is 3.25. The molecule has 2 aliphatic heterocycles. The van der Waals surface area contributed by atoms with Gasteiger partial charge in [0, 0.05) is 38.9 Å². The molecule has 7 nitrogen and oxygen atoms in total. The number of ether oxygens (including phenoxy) is 2. The SMILES string of the molecule is O=C(CCn1cnc2sccc2c1=O)N1CCC2(CC1)OCCO2. The molecule has 1 amide bonds. The minimum absolute atomic E-state index is 0.0557. The summed E-state index contributed by atoms with van der Waals surface area (Å²) >= 11 is 1.44. The summed E-state index contributed by atoms with van der Waals surface area (Å²) in [5, 5.41) is 2.47. The Hall–Kier alpha value is -1.77. The maximum Gasteiger partial charge on any atom is 0.262 e. The number of carbonyl (C=O) groups is 1. The quantitative estimate of drug-likeness (QED) is 0.833. The van der Waals surface area contributed by atoms with Crippen molar-refractivity contribution in [3.05, 3.63) is 28.1 Å². The number of hydrogen-bond donors (Lipinski definition) is 0. The van der Waals surface area contributed by atoms with E-state index < -0.39 is 5.79 Å². The lowest BCUT2D eigenvalue weighted by atomic mass is 10.0. The molecule has 0 unspecified atom stereocenters. The Labute approximate surface area is 142 Å². The van der Waals surface area contributed by atoms with Crippen molar-refractivity contribution in [3.63, 3.8) is 0 Å². The van der Waals surface area contributed by atoms with E-state index in [1.165, 1.54) is 22.2 Å². The fourth-order valence-electron chi connectivity index (χ4n) is 3.31. The number of amides is 1. The largest absolute Gasteiger partial charge is 0.347 e. The molecule has 0 N–H and O–H groups in total. The molecule has 24 heavy (non-hydrogen) atoms. The highest BCUT2D eigenvalue weighted by Gasteiger charge is 2.40. The highest BCUT2D eigenvalue weighted by Crippen LogP contribution is 2.31. The monoisotopic (exact) mass is 349 g/mol. The van der Waals surface area contributed by atoms with E-state index in [0.29, 0.717) is 57.5 Å². The summed E-state index contributed by atoms with van der Waals surface area (Å²) in [5.41, 5.74) is -0.0839. The van der Waals surface area contributed by atoms with Gasteiger partial charge in [0.25, 0.3) is 5.56 Å². The minimum Gasteiger partial charge on any atom is -0.347 e. The zero-order chi connectivity index (χ0) is 16.6. The molecule has 0 aliphatic carbocycles. The van der Waals surface area contributed by atoms with Gasteiger partial charge in [-0.25, -0.2) is 4.98 Å². The normalized spacial score (nSPS) is 20.1. The predicted molar refractivity (Wildman–Crippen MR) is 88.9 cm³/mol. The molecule has 4 heterocycles. The van der Waals surface area contributed by atoms with Gasteiger partial charge in [0.15, 0.2) is 5.79 Å². The molecule has 2 aliphatic rings. The summed E-state index contributed by atoms with van der Waals surface area (Å²) in [4.78, 5) is 31.6. The van der Waals surface area contributed by atoms with Gasteiger partial charge in [0.1, 0.15) is 4.83 Å². The van der Waals surface area contributed by atoms with Gasteiger partial charge in [-0.3, -0.25) is 14.2 Å². The van der Waals surface area contributed by atoms with Crippen LogP contribution in [0.2, 0.25) is 0 Å². The molecule has 2 aromatic rings. The molecule has 128 valence electrons. The molecule has 0 radical (unpaired) electrons. The summed E-state index contributed by atoms with van der Waals surface area (Å²) in [5.74, 6) is -0.415. The lowest BCUT2D eigenvalue weighted by molar-refractivity contribution is -0.187. The Bertz CT molecular complexity index is 799. The van der Waals surface area contributed by atoms with Crippen molar-refractivity contribution >= 4 is 27.5 Å². The van der Waals surface area contributed by atoms with Crippen LogP contribution in [0.3, 0.4) is 0 Å². The molecule has 0 bridgehead atoms. The molecular formula is C16H19N3O4S. The Morgan fingerprint density at radius 1 is 1.29 bits per heavy atom. The second-order valence-corrected chi connectivity index (χ2v) is 7.02. The van der Waals surface area contributed by atoms with Gasteiger partial charge in [-0.05, 0) is 11.4 Å². The van der Waals surface area contributed by atoms with Crippen LogP contribution < -0.4 is 5.56 Å². The van der Waals surface area contributed by atoms with Crippen LogP contribution in [-0.2, 0) is 20.8 Å². The molecular weight excluding hydrogens is 330 g/mol. The molecule has 4 rings (SSSR count). The number of piperidine rings is 1. The van der Waals surface area contributed by atoms with E-state index in [2.05, 4.69) is 4.98 Å². The van der Waals surface area contributed by atoms with Crippen LogP contribution in [0.15, 0.2) is 22.6 Å². The maximum atomic E-state index is 12.4. The predicted octanol–water partition coefficient (Wildman–Crippen LogP) is 1.21. The van der Waals surface area contributed by atoms with Gasteiger partial charge in [0.2, 0.25) is 5.91 Å². The van der Waals surface area contributed by atoms with E-state index in [0.717, 1.165) is 4.83 Å². The standard InChI is InChI=1S/C16H19N3O4S/c20-13(18-6-3-16(4-7-18)22-8-9-23-16)1-5-19-11-17-14-12(15(19)21)2-10-24-14/h2,10-11H,1,3-9H2. The number of nitrogens with zero attached hydrogens (tertiary/aromatic N) is 3. The third-order valence-electron chi connectivity index (χ3n) is 4.71. The third-order valence-corrected chi connectivity index (χ3v) is 5.53. The first-order valence-corrected chi connectivity index (χ1v) is 9.03. The van der Waals surface area contributed by atoms with Crippen molar-refractivity contribution in [1.29, 1.82) is 0 Å². The van der Waals surface area contributed by atoms with Crippen molar-refractivity contribution in [2.24, 2.45) is 0 Å². The van der Waals surface area contributed by atoms with E-state index in [1.807, 2.05) is 10.3 Å². The number of carbonyl (C=O) groups excluding carboxylic acids is 1. The molecule has 8 heteroatoms. The summed E-state index contributed by atoms with van der Waals surface area (Å²) in [7, 11) is 0. The molecule has 2 fully saturated rings. The van der Waals surface area contributed by atoms with Crippen LogP contribution in [-0.4, -0.2) is 52.4 Å². The summed E-state index contributed by atoms with van der Waals surface area (Å²) < 4.78 is 12.9. The number of rotatable bonds is 3. The van der Waals surface area contributed by atoms with E-state index in [1.54, 1.807) is 6.07 Å². The van der Waals surface area contributed by atoms with Crippen molar-refractivity contribution in [2.75, 3.05) is 26.3 Å². The second-order valence-electron chi connectivity index (χ2n) is 6.12. The Balaban J connectivity index is 1.36. The molecule has 2 aromatic heterocycles. The van der Waals surface area contributed by atoms with E-state index in [-0.39, 0.29) is 11.5 Å². The molecule has 1 spiro atoms. The fourth-order valence-corrected chi connectivity index (χ4v) is 4.03. The van der Waals surface area contributed by atoms with Crippen molar-refractivity contribution in [1.82, 2.24) is 14.5 Å². The highest BCUT2D eigenvalue weighted by molar-refractivity contribution is 7.16. The highest BCUT2D eigenvalue weighted by atomic mass is 32.1. The number of thiophene rings is 1. The number of aryl methyl sites for hydroxylation is 1. The van der Waals surface area contributed by atoms with Gasteiger partial charge in [0.05, 0.1) is 24.9 Å². The van der Waals surface area contributed by atoms with Crippen molar-refractivity contribution < 1.29 is 14.3 Å². The van der Waals surface area contributed by atoms with E-state index in [4.69, 9.17) is 9.47 Å². The van der Waals surface area contributed by atoms with Gasteiger partial charge in [-0.2, -0.15) is 0 Å². The first kappa shape index (κ1) is 15.7. The van der Waals surface area contributed by atoms with Gasteiger partial charge < -0.3 is 14.4 Å². The van der Waals surface area contributed by atoms with Crippen LogP contribution in [0.1, 0.15) is 19.3 Å². The van der Waals surface area contributed by atoms with E-state index in [9.17, 15) is 9.59 Å². The van der Waals surface area contributed by atoms with Crippen LogP contribution >= 0.6 is 11.3 Å². The number of aromatic nitrogens is 2. The van der Waals surface area contributed by atoms with Crippen molar-refractivity contribution in [3.8, 4) is 0 Å². The lowest BCUT2D eigenvalue weighted by Gasteiger charge is -2.37. The Kier molecular flexibility index (Phi) is 4.11. The zero-order valence-electron chi connectivity index (χ0n) is 13.3. The summed E-state index contributed by atoms with van der Waals surface area (Å²) in [6.07, 6.45) is 3.24.